The maximum absolute atomic E-state index is 13.1. The lowest BCUT2D eigenvalue weighted by atomic mass is 10.2. The Morgan fingerprint density at radius 3 is 2.69 bits per heavy atom. The van der Waals surface area contributed by atoms with E-state index in [0.717, 1.165) is 0 Å². The van der Waals surface area contributed by atoms with Crippen molar-refractivity contribution in [3.05, 3.63) is 41.9 Å². The fourth-order valence-electron chi connectivity index (χ4n) is 3.62. The number of primary sulfonamides is 1. The van der Waals surface area contributed by atoms with E-state index in [9.17, 15) is 21.6 Å². The number of halogens is 3. The number of nitrogens with two attached hydrogens (primary N) is 1. The molecule has 3 heterocycles. The first-order chi connectivity index (χ1) is 16.9. The van der Waals surface area contributed by atoms with Gasteiger partial charge >= 0.3 is 6.18 Å². The number of pyridine rings is 1. The lowest BCUT2D eigenvalue weighted by Gasteiger charge is -2.35. The number of thiazole rings is 1. The van der Waals surface area contributed by atoms with E-state index >= 15 is 0 Å². The summed E-state index contributed by atoms with van der Waals surface area (Å²) in [7, 11) is -3.92. The molecule has 4 rings (SSSR count). The number of sulfonamides is 1. The Balaban J connectivity index is 1.51. The van der Waals surface area contributed by atoms with Crippen LogP contribution in [0.4, 0.5) is 29.8 Å². The highest BCUT2D eigenvalue weighted by Crippen LogP contribution is 2.34. The molecule has 14 heteroatoms. The van der Waals surface area contributed by atoms with Gasteiger partial charge in [-0.2, -0.15) is 13.2 Å². The molecule has 1 atom stereocenters. The van der Waals surface area contributed by atoms with E-state index in [4.69, 9.17) is 9.88 Å². The molecule has 2 aromatic heterocycles. The highest BCUT2D eigenvalue weighted by Gasteiger charge is 2.42. The summed E-state index contributed by atoms with van der Waals surface area (Å²) in [4.78, 5) is 10.4. The van der Waals surface area contributed by atoms with Gasteiger partial charge in [-0.05, 0) is 44.2 Å². The number of nitrogens with zero attached hydrogens (tertiary/aromatic N) is 3. The third-order valence-corrected chi connectivity index (χ3v) is 6.99. The van der Waals surface area contributed by atoms with Crippen LogP contribution in [0, 0.1) is 0 Å². The lowest BCUT2D eigenvalue weighted by molar-refractivity contribution is -0.155. The zero-order valence-corrected chi connectivity index (χ0v) is 21.0. The quantitative estimate of drug-likeness (QED) is 0.413. The topological polar surface area (TPSA) is 122 Å². The Kier molecular flexibility index (Phi) is 7.41. The Hall–Kier alpha value is -2.94. The first kappa shape index (κ1) is 26.1. The Morgan fingerprint density at radius 2 is 2.06 bits per heavy atom. The molecule has 3 aromatic rings. The molecular formula is C22H25F3N6O3S2. The molecule has 1 aromatic carbocycles. The summed E-state index contributed by atoms with van der Waals surface area (Å²) in [6.07, 6.45) is -2.91. The van der Waals surface area contributed by atoms with Gasteiger partial charge in [0.05, 0.1) is 22.4 Å². The number of alkyl halides is 3. The molecule has 0 amide bonds. The number of hydrogen-bond acceptors (Lipinski definition) is 9. The van der Waals surface area contributed by atoms with E-state index in [0.29, 0.717) is 40.2 Å². The molecule has 9 nitrogen and oxygen atoms in total. The van der Waals surface area contributed by atoms with Gasteiger partial charge in [0.1, 0.15) is 17.6 Å². The molecule has 4 N–H and O–H groups in total. The Labute approximate surface area is 210 Å². The van der Waals surface area contributed by atoms with Crippen molar-refractivity contribution >= 4 is 38.0 Å². The van der Waals surface area contributed by atoms with Crippen LogP contribution < -0.4 is 25.4 Å². The van der Waals surface area contributed by atoms with Gasteiger partial charge in [-0.1, -0.05) is 0 Å². The highest BCUT2D eigenvalue weighted by atomic mass is 32.2. The third-order valence-electron chi connectivity index (χ3n) is 5.33. The molecule has 0 spiro atoms. The average Bonchev–Trinajstić information content (AvgIpc) is 3.27. The van der Waals surface area contributed by atoms with Crippen LogP contribution in [0.3, 0.4) is 0 Å². The minimum absolute atomic E-state index is 0.0710. The van der Waals surface area contributed by atoms with E-state index in [-0.39, 0.29) is 24.1 Å². The minimum atomic E-state index is -4.32. The van der Waals surface area contributed by atoms with E-state index < -0.39 is 22.2 Å². The van der Waals surface area contributed by atoms with Crippen molar-refractivity contribution < 1.29 is 26.3 Å². The summed E-state index contributed by atoms with van der Waals surface area (Å²) in [6, 6.07) is 6.10. The van der Waals surface area contributed by atoms with Crippen LogP contribution in [0.1, 0.15) is 13.8 Å². The molecule has 36 heavy (non-hydrogen) atoms. The average molecular weight is 543 g/mol. The van der Waals surface area contributed by atoms with E-state index in [1.165, 1.54) is 29.5 Å². The van der Waals surface area contributed by atoms with Crippen molar-refractivity contribution in [3.8, 4) is 17.0 Å². The van der Waals surface area contributed by atoms with Crippen LogP contribution in [0.2, 0.25) is 0 Å². The number of nitrogens with one attached hydrogen (secondary N) is 2. The molecule has 0 saturated carbocycles. The van der Waals surface area contributed by atoms with Gasteiger partial charge in [0.15, 0.2) is 5.13 Å². The predicted molar refractivity (Wildman–Crippen MR) is 132 cm³/mol. The van der Waals surface area contributed by atoms with Gasteiger partial charge in [-0.3, -0.25) is 0 Å². The maximum Gasteiger partial charge on any atom is 0.405 e. The van der Waals surface area contributed by atoms with Crippen LogP contribution in [-0.2, 0) is 10.0 Å². The molecule has 1 aliphatic rings. The van der Waals surface area contributed by atoms with Gasteiger partial charge in [-0.15, -0.1) is 11.3 Å². The van der Waals surface area contributed by atoms with E-state index in [1.54, 1.807) is 28.6 Å². The van der Waals surface area contributed by atoms with Crippen LogP contribution in [-0.4, -0.2) is 56.3 Å². The Morgan fingerprint density at radius 1 is 1.28 bits per heavy atom. The number of anilines is 3. The van der Waals surface area contributed by atoms with Crippen LogP contribution in [0.25, 0.3) is 11.3 Å². The largest absolute Gasteiger partial charge is 0.489 e. The number of aromatic nitrogens is 2. The smallest absolute Gasteiger partial charge is 0.405 e. The molecule has 194 valence electrons. The normalized spacial score (nSPS) is 16.9. The van der Waals surface area contributed by atoms with Crippen molar-refractivity contribution in [2.75, 3.05) is 29.9 Å². The van der Waals surface area contributed by atoms with Crippen LogP contribution >= 0.6 is 11.3 Å². The van der Waals surface area contributed by atoms with Gasteiger partial charge < -0.3 is 20.3 Å². The molecule has 0 aliphatic carbocycles. The molecular weight excluding hydrogens is 517 g/mol. The molecule has 1 fully saturated rings. The first-order valence-electron chi connectivity index (χ1n) is 11.0. The first-order valence-corrected chi connectivity index (χ1v) is 13.4. The second-order valence-corrected chi connectivity index (χ2v) is 10.9. The van der Waals surface area contributed by atoms with E-state index in [2.05, 4.69) is 20.6 Å². The number of ether oxygens (including phenoxy) is 1. The molecule has 1 aliphatic heterocycles. The van der Waals surface area contributed by atoms with Gasteiger partial charge in [0, 0.05) is 36.8 Å². The summed E-state index contributed by atoms with van der Waals surface area (Å²) in [5, 5.41) is 13.1. The highest BCUT2D eigenvalue weighted by molar-refractivity contribution is 7.89. The van der Waals surface area contributed by atoms with Crippen molar-refractivity contribution in [1.82, 2.24) is 15.3 Å². The number of hydrogen-bond donors (Lipinski definition) is 3. The lowest BCUT2D eigenvalue weighted by Crippen LogP contribution is -2.57. The van der Waals surface area contributed by atoms with Crippen molar-refractivity contribution in [2.45, 2.75) is 37.1 Å². The number of benzene rings is 1. The van der Waals surface area contributed by atoms with Crippen molar-refractivity contribution in [2.24, 2.45) is 5.14 Å². The van der Waals surface area contributed by atoms with Gasteiger partial charge in [0.25, 0.3) is 0 Å². The standard InChI is InChI=1S/C22H25F3N6O3S2/c1-13(2)34-18-5-4-15(36(26,32)33)9-16(18)29-21-30-17(12-35-21)14-3-6-20(28-10-14)31-8-7-27-19(11-31)22(23,24)25/h3-6,9-10,12-13,19,27H,7-8,11H2,1-2H3,(H,29,30)(H2,26,32,33). The third kappa shape index (κ3) is 6.24. The second kappa shape index (κ2) is 10.2. The summed E-state index contributed by atoms with van der Waals surface area (Å²) >= 11 is 1.29. The number of piperazine rings is 1. The summed E-state index contributed by atoms with van der Waals surface area (Å²) < 4.78 is 68.6. The van der Waals surface area contributed by atoms with Crippen LogP contribution in [0.15, 0.2) is 46.8 Å². The molecule has 0 bridgehead atoms. The Bertz CT molecular complexity index is 1310. The van der Waals surface area contributed by atoms with Crippen molar-refractivity contribution in [3.63, 3.8) is 0 Å². The summed E-state index contributed by atoms with van der Waals surface area (Å²) in [5.41, 5.74) is 1.67. The molecule has 0 radical (unpaired) electrons. The van der Waals surface area contributed by atoms with E-state index in [1.807, 2.05) is 13.8 Å². The SMILES string of the molecule is CC(C)Oc1ccc(S(N)(=O)=O)cc1Nc1nc(-c2ccc(N3CCNC(C(F)(F)F)C3)nc2)cs1. The maximum atomic E-state index is 13.1. The number of rotatable bonds is 7. The van der Waals surface area contributed by atoms with Crippen molar-refractivity contribution in [1.29, 1.82) is 0 Å². The fraction of sp³-hybridized carbons (Fsp3) is 0.364. The zero-order valence-electron chi connectivity index (χ0n) is 19.4. The zero-order chi connectivity index (χ0) is 26.1. The molecule has 1 saturated heterocycles. The monoisotopic (exact) mass is 542 g/mol. The van der Waals surface area contributed by atoms with Gasteiger partial charge in [0.2, 0.25) is 10.0 Å². The minimum Gasteiger partial charge on any atom is -0.489 e. The summed E-state index contributed by atoms with van der Waals surface area (Å²) in [5.74, 6) is 0.895. The summed E-state index contributed by atoms with van der Waals surface area (Å²) in [6.45, 7) is 4.11. The van der Waals surface area contributed by atoms with Crippen LogP contribution in [0.5, 0.6) is 5.75 Å². The van der Waals surface area contributed by atoms with Gasteiger partial charge in [-0.25, -0.2) is 23.5 Å². The second-order valence-electron chi connectivity index (χ2n) is 8.43. The molecule has 1 unspecified atom stereocenters. The predicted octanol–water partition coefficient (Wildman–Crippen LogP) is 3.72. The fourth-order valence-corrected chi connectivity index (χ4v) is 4.89.